The summed E-state index contributed by atoms with van der Waals surface area (Å²) in [6, 6.07) is 0.574. The monoisotopic (exact) mass is 286 g/mol. The summed E-state index contributed by atoms with van der Waals surface area (Å²) in [6.07, 6.45) is 9.91. The second-order valence-corrected chi connectivity index (χ2v) is 6.47. The van der Waals surface area contributed by atoms with Crippen LogP contribution in [0.4, 0.5) is 0 Å². The minimum Gasteiger partial charge on any atom is -0.339 e. The van der Waals surface area contributed by atoms with Gasteiger partial charge in [-0.3, -0.25) is 4.79 Å². The van der Waals surface area contributed by atoms with Crippen LogP contribution in [-0.2, 0) is 4.79 Å². The number of nitrogens with zero attached hydrogens (tertiary/aromatic N) is 1. The van der Waals surface area contributed by atoms with Crippen LogP contribution < -0.4 is 5.73 Å². The van der Waals surface area contributed by atoms with Gasteiger partial charge in [-0.2, -0.15) is 0 Å². The Morgan fingerprint density at radius 3 is 2.58 bits per heavy atom. The van der Waals surface area contributed by atoms with Crippen molar-refractivity contribution in [3.8, 4) is 0 Å². The molecule has 1 aliphatic heterocycles. The molecule has 2 N–H and O–H groups in total. The summed E-state index contributed by atoms with van der Waals surface area (Å²) in [5.41, 5.74) is 5.83. The molecule has 4 atom stereocenters. The maximum Gasteiger partial charge on any atom is 0.226 e. The first-order chi connectivity index (χ1) is 8.81. The predicted molar refractivity (Wildman–Crippen MR) is 79.2 cm³/mol. The summed E-state index contributed by atoms with van der Waals surface area (Å²) in [7, 11) is 0. The molecular weight excluding hydrogens is 260 g/mol. The predicted octanol–water partition coefficient (Wildman–Crippen LogP) is 2.57. The van der Waals surface area contributed by atoms with Crippen LogP contribution in [0, 0.1) is 17.8 Å². The second kappa shape index (κ2) is 6.45. The van der Waals surface area contributed by atoms with Crippen molar-refractivity contribution in [2.24, 2.45) is 23.5 Å². The van der Waals surface area contributed by atoms with Gasteiger partial charge in [-0.1, -0.05) is 12.8 Å². The standard InChI is InChI=1S/C15H26N2O.ClH/c16-10-12-5-1-7-13(12)15(18)17-9-3-6-11-4-2-8-14(11)17;/h11-14H,1-10,16H2;1H/t11?,12-,13-,14?;/m1./s1. The molecule has 0 spiro atoms. The van der Waals surface area contributed by atoms with Crippen LogP contribution in [-0.4, -0.2) is 29.9 Å². The van der Waals surface area contributed by atoms with Crippen molar-refractivity contribution in [1.82, 2.24) is 4.90 Å². The third kappa shape index (κ3) is 2.78. The third-order valence-corrected chi connectivity index (χ3v) is 5.56. The highest BCUT2D eigenvalue weighted by molar-refractivity contribution is 5.85. The van der Waals surface area contributed by atoms with Crippen LogP contribution in [0.3, 0.4) is 0 Å². The van der Waals surface area contributed by atoms with Gasteiger partial charge >= 0.3 is 0 Å². The summed E-state index contributed by atoms with van der Waals surface area (Å²) in [6.45, 7) is 1.70. The van der Waals surface area contributed by atoms with E-state index in [1.807, 2.05) is 0 Å². The Balaban J connectivity index is 0.00000133. The molecule has 19 heavy (non-hydrogen) atoms. The molecule has 1 amide bonds. The topological polar surface area (TPSA) is 46.3 Å². The van der Waals surface area contributed by atoms with Crippen molar-refractivity contribution in [2.75, 3.05) is 13.1 Å². The van der Waals surface area contributed by atoms with Crippen molar-refractivity contribution >= 4 is 18.3 Å². The molecule has 1 heterocycles. The Labute approximate surface area is 122 Å². The van der Waals surface area contributed by atoms with E-state index in [9.17, 15) is 4.79 Å². The average molecular weight is 287 g/mol. The number of amides is 1. The van der Waals surface area contributed by atoms with Crippen LogP contribution in [0.25, 0.3) is 0 Å². The SMILES string of the molecule is Cl.NC[C@H]1CCC[C@H]1C(=O)N1CCCC2CCCC21. The summed E-state index contributed by atoms with van der Waals surface area (Å²) in [4.78, 5) is 15.0. The fourth-order valence-corrected chi connectivity index (χ4v) is 4.58. The van der Waals surface area contributed by atoms with Crippen LogP contribution in [0.1, 0.15) is 51.4 Å². The number of likely N-dealkylation sites (tertiary alicyclic amines) is 1. The Morgan fingerprint density at radius 1 is 1.05 bits per heavy atom. The number of halogens is 1. The van der Waals surface area contributed by atoms with E-state index in [1.165, 1.54) is 38.5 Å². The van der Waals surface area contributed by atoms with Gasteiger partial charge in [-0.05, 0) is 56.9 Å². The molecule has 2 unspecified atom stereocenters. The lowest BCUT2D eigenvalue weighted by molar-refractivity contribution is -0.141. The summed E-state index contributed by atoms with van der Waals surface area (Å²) in [5.74, 6) is 1.95. The van der Waals surface area contributed by atoms with E-state index in [1.54, 1.807) is 0 Å². The van der Waals surface area contributed by atoms with Gasteiger partial charge in [-0.15, -0.1) is 12.4 Å². The zero-order chi connectivity index (χ0) is 12.5. The van der Waals surface area contributed by atoms with Gasteiger partial charge in [0.25, 0.3) is 0 Å². The largest absolute Gasteiger partial charge is 0.339 e. The molecule has 0 bridgehead atoms. The van der Waals surface area contributed by atoms with Crippen molar-refractivity contribution in [2.45, 2.75) is 57.4 Å². The van der Waals surface area contributed by atoms with Gasteiger partial charge in [-0.25, -0.2) is 0 Å². The van der Waals surface area contributed by atoms with Gasteiger partial charge in [0, 0.05) is 18.5 Å². The highest BCUT2D eigenvalue weighted by atomic mass is 35.5. The lowest BCUT2D eigenvalue weighted by atomic mass is 9.88. The molecule has 3 rings (SSSR count). The second-order valence-electron chi connectivity index (χ2n) is 6.47. The fourth-order valence-electron chi connectivity index (χ4n) is 4.58. The molecular formula is C15H27ClN2O. The number of rotatable bonds is 2. The molecule has 0 aromatic heterocycles. The zero-order valence-electron chi connectivity index (χ0n) is 11.7. The van der Waals surface area contributed by atoms with Gasteiger partial charge in [0.05, 0.1) is 0 Å². The number of hydrogen-bond donors (Lipinski definition) is 1. The first-order valence-corrected chi connectivity index (χ1v) is 7.82. The third-order valence-electron chi connectivity index (χ3n) is 5.56. The highest BCUT2D eigenvalue weighted by Gasteiger charge is 2.41. The Kier molecular flexibility index (Phi) is 5.13. The minimum atomic E-state index is 0. The zero-order valence-corrected chi connectivity index (χ0v) is 12.5. The molecule has 1 saturated heterocycles. The van der Waals surface area contributed by atoms with Crippen LogP contribution in [0.2, 0.25) is 0 Å². The van der Waals surface area contributed by atoms with Gasteiger partial charge in [0.15, 0.2) is 0 Å². The first-order valence-electron chi connectivity index (χ1n) is 7.82. The van der Waals surface area contributed by atoms with E-state index in [-0.39, 0.29) is 18.3 Å². The summed E-state index contributed by atoms with van der Waals surface area (Å²) in [5, 5.41) is 0. The number of piperidine rings is 1. The average Bonchev–Trinajstić information content (AvgIpc) is 3.05. The number of carbonyl (C=O) groups excluding carboxylic acids is 1. The number of hydrogen-bond acceptors (Lipinski definition) is 2. The molecule has 0 radical (unpaired) electrons. The smallest absolute Gasteiger partial charge is 0.226 e. The van der Waals surface area contributed by atoms with E-state index >= 15 is 0 Å². The van der Waals surface area contributed by atoms with E-state index in [0.717, 1.165) is 25.3 Å². The fraction of sp³-hybridized carbons (Fsp3) is 0.933. The minimum absolute atomic E-state index is 0. The quantitative estimate of drug-likeness (QED) is 0.848. The molecule has 0 aromatic carbocycles. The molecule has 3 fully saturated rings. The van der Waals surface area contributed by atoms with E-state index in [2.05, 4.69) is 4.90 Å². The Bertz CT molecular complexity index is 323. The van der Waals surface area contributed by atoms with E-state index < -0.39 is 0 Å². The molecule has 2 saturated carbocycles. The normalized spacial score (nSPS) is 37.8. The Hall–Kier alpha value is -0.280. The molecule has 4 heteroatoms. The van der Waals surface area contributed by atoms with Gasteiger partial charge < -0.3 is 10.6 Å². The van der Waals surface area contributed by atoms with E-state index in [4.69, 9.17) is 5.73 Å². The lowest BCUT2D eigenvalue weighted by Crippen LogP contribution is -2.49. The first kappa shape index (κ1) is 15.1. The van der Waals surface area contributed by atoms with Gasteiger partial charge in [0.2, 0.25) is 5.91 Å². The summed E-state index contributed by atoms with van der Waals surface area (Å²) >= 11 is 0. The van der Waals surface area contributed by atoms with Crippen molar-refractivity contribution in [3.63, 3.8) is 0 Å². The van der Waals surface area contributed by atoms with E-state index in [0.29, 0.717) is 24.4 Å². The van der Waals surface area contributed by atoms with Crippen LogP contribution in [0.15, 0.2) is 0 Å². The van der Waals surface area contributed by atoms with Crippen molar-refractivity contribution < 1.29 is 4.79 Å². The summed E-state index contributed by atoms with van der Waals surface area (Å²) < 4.78 is 0. The van der Waals surface area contributed by atoms with Crippen LogP contribution >= 0.6 is 12.4 Å². The van der Waals surface area contributed by atoms with Crippen LogP contribution in [0.5, 0.6) is 0 Å². The maximum absolute atomic E-state index is 12.8. The molecule has 110 valence electrons. The molecule has 3 nitrogen and oxygen atoms in total. The molecule has 3 aliphatic rings. The van der Waals surface area contributed by atoms with Crippen molar-refractivity contribution in [1.29, 1.82) is 0 Å². The lowest BCUT2D eigenvalue weighted by Gasteiger charge is -2.40. The Morgan fingerprint density at radius 2 is 1.79 bits per heavy atom. The number of fused-ring (bicyclic) bond motifs is 1. The number of carbonyl (C=O) groups is 1. The van der Waals surface area contributed by atoms with Gasteiger partial charge in [0.1, 0.15) is 0 Å². The molecule has 2 aliphatic carbocycles. The highest BCUT2D eigenvalue weighted by Crippen LogP contribution is 2.40. The maximum atomic E-state index is 12.8. The molecule has 0 aromatic rings. The van der Waals surface area contributed by atoms with Crippen molar-refractivity contribution in [3.05, 3.63) is 0 Å². The number of nitrogens with two attached hydrogens (primary N) is 1.